The Labute approximate surface area is 155 Å². The molecule has 3 N–H and O–H groups in total. The first-order valence-corrected chi connectivity index (χ1v) is 9.19. The molecule has 1 unspecified atom stereocenters. The number of nitrogens with one attached hydrogen (secondary N) is 2. The Bertz CT molecular complexity index is 601. The van der Waals surface area contributed by atoms with Gasteiger partial charge in [0.25, 0.3) is 0 Å². The molecule has 0 saturated carbocycles. The Morgan fingerprint density at radius 3 is 2.73 bits per heavy atom. The predicted molar refractivity (Wildman–Crippen MR) is 102 cm³/mol. The molecule has 1 saturated heterocycles. The van der Waals surface area contributed by atoms with Crippen molar-refractivity contribution in [3.8, 4) is 0 Å². The van der Waals surface area contributed by atoms with Crippen LogP contribution in [0.3, 0.4) is 0 Å². The number of halogens is 1. The minimum absolute atomic E-state index is 0.218. The molecule has 1 heterocycles. The first-order chi connectivity index (χ1) is 12.4. The van der Waals surface area contributed by atoms with Gasteiger partial charge in [-0.05, 0) is 38.0 Å². The molecule has 6 nitrogen and oxygen atoms in total. The highest BCUT2D eigenvalue weighted by Gasteiger charge is 2.25. The third kappa shape index (κ3) is 6.90. The van der Waals surface area contributed by atoms with E-state index in [9.17, 15) is 9.50 Å². The van der Waals surface area contributed by atoms with Crippen molar-refractivity contribution in [2.75, 3.05) is 45.9 Å². The van der Waals surface area contributed by atoms with Gasteiger partial charge in [0.2, 0.25) is 0 Å². The van der Waals surface area contributed by atoms with E-state index in [1.54, 1.807) is 13.0 Å². The number of nitrogens with zero attached hydrogens (tertiary/aromatic N) is 2. The molecule has 26 heavy (non-hydrogen) atoms. The van der Waals surface area contributed by atoms with Gasteiger partial charge in [0.05, 0.1) is 25.4 Å². The number of aliphatic hydroxyl groups is 1. The lowest BCUT2D eigenvalue weighted by molar-refractivity contribution is -0.0201. The van der Waals surface area contributed by atoms with Crippen molar-refractivity contribution >= 4 is 5.96 Å². The summed E-state index contributed by atoms with van der Waals surface area (Å²) in [5.41, 5.74) is 0.552. The van der Waals surface area contributed by atoms with Crippen molar-refractivity contribution in [3.05, 3.63) is 35.1 Å². The van der Waals surface area contributed by atoms with Gasteiger partial charge in [0, 0.05) is 32.7 Å². The predicted octanol–water partition coefficient (Wildman–Crippen LogP) is 1.27. The molecule has 0 radical (unpaired) electrons. The van der Waals surface area contributed by atoms with E-state index in [2.05, 4.69) is 20.5 Å². The van der Waals surface area contributed by atoms with E-state index in [0.717, 1.165) is 18.7 Å². The molecular weight excluding hydrogens is 335 g/mol. The summed E-state index contributed by atoms with van der Waals surface area (Å²) in [5.74, 6) is 0.389. The van der Waals surface area contributed by atoms with Crippen LogP contribution >= 0.6 is 0 Å². The summed E-state index contributed by atoms with van der Waals surface area (Å²) in [7, 11) is 0. The van der Waals surface area contributed by atoms with Gasteiger partial charge in [-0.2, -0.15) is 0 Å². The molecule has 1 aromatic rings. The maximum absolute atomic E-state index is 13.7. The smallest absolute Gasteiger partial charge is 0.191 e. The fourth-order valence-corrected chi connectivity index (χ4v) is 2.82. The Morgan fingerprint density at radius 1 is 1.35 bits per heavy atom. The number of aryl methyl sites for hydroxylation is 1. The summed E-state index contributed by atoms with van der Waals surface area (Å²) >= 11 is 0. The van der Waals surface area contributed by atoms with Gasteiger partial charge < -0.3 is 20.5 Å². The second-order valence-corrected chi connectivity index (χ2v) is 7.02. The molecule has 0 amide bonds. The van der Waals surface area contributed by atoms with Gasteiger partial charge in [-0.25, -0.2) is 9.38 Å². The van der Waals surface area contributed by atoms with Crippen LogP contribution in [-0.2, 0) is 11.3 Å². The van der Waals surface area contributed by atoms with Crippen molar-refractivity contribution in [2.45, 2.75) is 32.9 Å². The minimum atomic E-state index is -0.885. The van der Waals surface area contributed by atoms with Gasteiger partial charge in [0.1, 0.15) is 5.82 Å². The lowest BCUT2D eigenvalue weighted by atomic mass is 10.1. The van der Waals surface area contributed by atoms with Crippen LogP contribution in [0, 0.1) is 12.7 Å². The minimum Gasteiger partial charge on any atom is -0.387 e. The molecule has 146 valence electrons. The lowest BCUT2D eigenvalue weighted by Gasteiger charge is -2.34. The number of guanidine groups is 1. The van der Waals surface area contributed by atoms with Gasteiger partial charge in [0.15, 0.2) is 5.96 Å². The summed E-state index contributed by atoms with van der Waals surface area (Å²) < 4.78 is 19.0. The Hall–Kier alpha value is -1.70. The zero-order valence-corrected chi connectivity index (χ0v) is 16.0. The third-order valence-corrected chi connectivity index (χ3v) is 4.30. The standard InChI is InChI=1S/C19H31FN4O2/c1-4-21-18(22-12-16-6-5-15(2)17(20)11-16)23-13-19(3,25)14-24-7-9-26-10-8-24/h5-6,11,25H,4,7-10,12-14H2,1-3H3,(H2,21,22,23). The van der Waals surface area contributed by atoms with E-state index >= 15 is 0 Å². The highest BCUT2D eigenvalue weighted by molar-refractivity contribution is 5.79. The monoisotopic (exact) mass is 366 g/mol. The molecule has 0 bridgehead atoms. The summed E-state index contributed by atoms with van der Waals surface area (Å²) in [4.78, 5) is 6.69. The van der Waals surface area contributed by atoms with Gasteiger partial charge in [-0.15, -0.1) is 0 Å². The largest absolute Gasteiger partial charge is 0.387 e. The Kier molecular flexibility index (Phi) is 7.81. The van der Waals surface area contributed by atoms with E-state index in [1.807, 2.05) is 19.9 Å². The molecule has 2 rings (SSSR count). The zero-order chi connectivity index (χ0) is 19.0. The molecule has 1 aromatic carbocycles. The molecule has 0 aromatic heterocycles. The van der Waals surface area contributed by atoms with Crippen LogP contribution in [0.4, 0.5) is 4.39 Å². The van der Waals surface area contributed by atoms with Crippen LogP contribution < -0.4 is 10.6 Å². The second-order valence-electron chi connectivity index (χ2n) is 7.02. The molecule has 1 atom stereocenters. The normalized spacial score (nSPS) is 18.4. The van der Waals surface area contributed by atoms with Crippen molar-refractivity contribution in [1.29, 1.82) is 0 Å². The fourth-order valence-electron chi connectivity index (χ4n) is 2.82. The zero-order valence-electron chi connectivity index (χ0n) is 16.0. The summed E-state index contributed by atoms with van der Waals surface area (Å²) in [5, 5.41) is 17.0. The van der Waals surface area contributed by atoms with Crippen molar-refractivity contribution in [3.63, 3.8) is 0 Å². The number of rotatable bonds is 7. The number of aliphatic imine (C=N–C) groups is 1. The number of benzene rings is 1. The molecular formula is C19H31FN4O2. The lowest BCUT2D eigenvalue weighted by Crippen LogP contribution is -2.52. The fraction of sp³-hybridized carbons (Fsp3) is 0.632. The average Bonchev–Trinajstić information content (AvgIpc) is 2.61. The summed E-state index contributed by atoms with van der Waals surface area (Å²) in [6.45, 7) is 10.7. The van der Waals surface area contributed by atoms with Crippen LogP contribution in [0.2, 0.25) is 0 Å². The van der Waals surface area contributed by atoms with Gasteiger partial charge in [-0.3, -0.25) is 4.90 Å². The summed E-state index contributed by atoms with van der Waals surface area (Å²) in [6.07, 6.45) is 0. The van der Waals surface area contributed by atoms with Gasteiger partial charge in [-0.1, -0.05) is 12.1 Å². The molecule has 1 aliphatic rings. The van der Waals surface area contributed by atoms with Crippen LogP contribution in [0.15, 0.2) is 23.2 Å². The number of β-amino-alcohol motifs (C(OH)–C–C–N with tert-alkyl or cyclic N) is 1. The van der Waals surface area contributed by atoms with Crippen molar-refractivity contribution in [1.82, 2.24) is 15.5 Å². The quantitative estimate of drug-likeness (QED) is 0.501. The maximum Gasteiger partial charge on any atom is 0.191 e. The van der Waals surface area contributed by atoms with Gasteiger partial charge >= 0.3 is 0 Å². The molecule has 7 heteroatoms. The van der Waals surface area contributed by atoms with E-state index in [4.69, 9.17) is 4.74 Å². The van der Waals surface area contributed by atoms with Crippen LogP contribution in [-0.4, -0.2) is 67.5 Å². The third-order valence-electron chi connectivity index (χ3n) is 4.30. The highest BCUT2D eigenvalue weighted by atomic mass is 19.1. The number of morpholine rings is 1. The number of hydrogen-bond donors (Lipinski definition) is 3. The van der Waals surface area contributed by atoms with Crippen molar-refractivity contribution < 1.29 is 14.2 Å². The van der Waals surface area contributed by atoms with E-state index in [0.29, 0.717) is 50.9 Å². The SMILES string of the molecule is CCNC(=NCc1ccc(C)c(F)c1)NCC(C)(O)CN1CCOCC1. The molecule has 1 aliphatic heterocycles. The Balaban J connectivity index is 1.90. The van der Waals surface area contributed by atoms with E-state index in [-0.39, 0.29) is 5.82 Å². The first-order valence-electron chi connectivity index (χ1n) is 9.19. The molecule has 1 fully saturated rings. The van der Waals surface area contributed by atoms with Crippen LogP contribution in [0.1, 0.15) is 25.0 Å². The van der Waals surface area contributed by atoms with Crippen LogP contribution in [0.5, 0.6) is 0 Å². The summed E-state index contributed by atoms with van der Waals surface area (Å²) in [6, 6.07) is 5.14. The van der Waals surface area contributed by atoms with Crippen LogP contribution in [0.25, 0.3) is 0 Å². The number of hydrogen-bond acceptors (Lipinski definition) is 4. The average molecular weight is 366 g/mol. The first kappa shape index (κ1) is 20.6. The van der Waals surface area contributed by atoms with Crippen molar-refractivity contribution in [2.24, 2.45) is 4.99 Å². The highest BCUT2D eigenvalue weighted by Crippen LogP contribution is 2.10. The molecule has 0 aliphatic carbocycles. The topological polar surface area (TPSA) is 69.1 Å². The molecule has 0 spiro atoms. The van der Waals surface area contributed by atoms with E-state index < -0.39 is 5.60 Å². The maximum atomic E-state index is 13.7. The second kappa shape index (κ2) is 9.85. The number of ether oxygens (including phenoxy) is 1. The Morgan fingerprint density at radius 2 is 2.08 bits per heavy atom. The van der Waals surface area contributed by atoms with E-state index in [1.165, 1.54) is 6.07 Å².